The van der Waals surface area contributed by atoms with Crippen molar-refractivity contribution in [1.82, 2.24) is 10.6 Å². The number of anilines is 1. The van der Waals surface area contributed by atoms with Gasteiger partial charge in [0.05, 0.1) is 0 Å². The van der Waals surface area contributed by atoms with Gasteiger partial charge in [-0.3, -0.25) is 9.59 Å². The molecule has 4 rings (SSSR count). The summed E-state index contributed by atoms with van der Waals surface area (Å²) in [6, 6.07) is 7.04. The third-order valence-corrected chi connectivity index (χ3v) is 13.8. The van der Waals surface area contributed by atoms with E-state index in [1.165, 1.54) is 38.5 Å². The highest BCUT2D eigenvalue weighted by Gasteiger charge is 2.44. The van der Waals surface area contributed by atoms with E-state index in [4.69, 9.17) is 10.3 Å². The average molecular weight is 675 g/mol. The Morgan fingerprint density at radius 1 is 1.17 bits per heavy atom. The van der Waals surface area contributed by atoms with Gasteiger partial charge in [0.25, 0.3) is 0 Å². The normalized spacial score (nSPS) is 21.7. The Bertz CT molecular complexity index is 1530. The van der Waals surface area contributed by atoms with E-state index in [0.29, 0.717) is 38.0 Å². The molecule has 2 N–H and O–H groups in total. The number of carbonyl (C=O) groups is 2. The molecular weight excluding hydrogens is 619 g/mol. The maximum Gasteiger partial charge on any atom is 0.223 e. The van der Waals surface area contributed by atoms with E-state index in [1.807, 2.05) is 0 Å². The molecule has 0 aromatic heterocycles. The molecule has 48 heavy (non-hydrogen) atoms. The van der Waals surface area contributed by atoms with Gasteiger partial charge in [-0.1, -0.05) is 44.5 Å². The summed E-state index contributed by atoms with van der Waals surface area (Å²) in [6.07, 6.45) is 11.4. The van der Waals surface area contributed by atoms with Gasteiger partial charge in [0.1, 0.15) is 28.4 Å². The minimum absolute atomic E-state index is 0.0435. The molecule has 1 aromatic rings. The Morgan fingerprint density at radius 3 is 2.58 bits per heavy atom. The zero-order chi connectivity index (χ0) is 35.0. The lowest BCUT2D eigenvalue weighted by atomic mass is 9.68. The number of hydrogen-bond donors (Lipinski definition) is 2. The van der Waals surface area contributed by atoms with Crippen LogP contribution in [-0.4, -0.2) is 84.3 Å². The van der Waals surface area contributed by atoms with Crippen molar-refractivity contribution in [3.8, 4) is 0 Å². The summed E-state index contributed by atoms with van der Waals surface area (Å²) in [5.41, 5.74) is 15.5. The van der Waals surface area contributed by atoms with E-state index in [0.717, 1.165) is 32.1 Å². The first kappa shape index (κ1) is 37.2. The smallest absolute Gasteiger partial charge is 0.223 e. The minimum Gasteiger partial charge on any atom is -0.378 e. The number of fused-ring (bicyclic) bond motifs is 2. The molecule has 0 radical (unpaired) electrons. The highest BCUT2D eigenvalue weighted by molar-refractivity contribution is 6.98. The maximum absolute atomic E-state index is 13.3. The van der Waals surface area contributed by atoms with Gasteiger partial charge in [0, 0.05) is 68.9 Å². The van der Waals surface area contributed by atoms with Gasteiger partial charge < -0.3 is 20.3 Å². The van der Waals surface area contributed by atoms with Gasteiger partial charge in [0.15, 0.2) is 5.71 Å². The van der Waals surface area contributed by atoms with Crippen molar-refractivity contribution >= 4 is 42.0 Å². The van der Waals surface area contributed by atoms with Crippen LogP contribution in [-0.2, 0) is 14.3 Å². The van der Waals surface area contributed by atoms with E-state index in [-0.39, 0.29) is 24.2 Å². The number of azide groups is 1. The molecule has 4 atom stereocenters. The number of ether oxygens (including phenoxy) is 1. The van der Waals surface area contributed by atoms with E-state index < -0.39 is 14.3 Å². The van der Waals surface area contributed by atoms with Crippen LogP contribution in [0.3, 0.4) is 0 Å². The van der Waals surface area contributed by atoms with Crippen LogP contribution in [0.4, 0.5) is 5.69 Å². The highest BCUT2D eigenvalue weighted by atomic mass is 28.3. The number of hydrogen-bond acceptors (Lipinski definition) is 5. The Morgan fingerprint density at radius 2 is 1.92 bits per heavy atom. The maximum atomic E-state index is 13.3. The van der Waals surface area contributed by atoms with Crippen LogP contribution in [0, 0.1) is 17.8 Å². The minimum atomic E-state index is -1.99. The Hall–Kier alpha value is -3.66. The average Bonchev–Trinajstić information content (AvgIpc) is 3.05. The van der Waals surface area contributed by atoms with E-state index >= 15 is 0 Å². The zero-order valence-electron chi connectivity index (χ0n) is 30.3. The molecule has 10 nitrogen and oxygen atoms in total. The van der Waals surface area contributed by atoms with Crippen LogP contribution >= 0.6 is 0 Å². The molecule has 1 saturated carbocycles. The van der Waals surface area contributed by atoms with E-state index in [2.05, 4.69) is 122 Å². The molecule has 1 aromatic carbocycles. The Kier molecular flexibility index (Phi) is 12.9. The van der Waals surface area contributed by atoms with Gasteiger partial charge in [-0.25, -0.2) is 4.58 Å². The lowest BCUT2D eigenvalue weighted by molar-refractivity contribution is -0.462. The lowest BCUT2D eigenvalue weighted by Gasteiger charge is -2.43. The number of allylic oxidation sites excluding steroid dienone is 6. The first-order valence-electron chi connectivity index (χ1n) is 17.6. The third kappa shape index (κ3) is 8.67. The van der Waals surface area contributed by atoms with Crippen LogP contribution in [0.2, 0.25) is 13.1 Å². The molecule has 0 saturated heterocycles. The highest BCUT2D eigenvalue weighted by Crippen LogP contribution is 2.48. The molecule has 3 unspecified atom stereocenters. The molecule has 2 aliphatic carbocycles. The quantitative estimate of drug-likeness (QED) is 0.0657. The molecular formula is C37H56N7O3Si+. The number of benzene rings is 1. The van der Waals surface area contributed by atoms with Gasteiger partial charge in [-0.15, -0.1) is 0 Å². The predicted molar refractivity (Wildman–Crippen MR) is 198 cm³/mol. The van der Waals surface area contributed by atoms with Crippen LogP contribution in [0.5, 0.6) is 0 Å². The fraction of sp³-hybridized carbons (Fsp3) is 0.595. The second-order valence-electron chi connectivity index (χ2n) is 14.4. The van der Waals surface area contributed by atoms with Crippen molar-refractivity contribution in [2.75, 3.05) is 52.8 Å². The summed E-state index contributed by atoms with van der Waals surface area (Å²) in [7, 11) is 6.45. The first-order valence-corrected chi connectivity index (χ1v) is 20.6. The Labute approximate surface area is 288 Å². The van der Waals surface area contributed by atoms with Gasteiger partial charge >= 0.3 is 0 Å². The predicted octanol–water partition coefficient (Wildman–Crippen LogP) is 5.70. The van der Waals surface area contributed by atoms with Crippen molar-refractivity contribution in [3.05, 3.63) is 63.2 Å². The fourth-order valence-corrected chi connectivity index (χ4v) is 10.4. The van der Waals surface area contributed by atoms with Crippen LogP contribution < -0.4 is 20.7 Å². The summed E-state index contributed by atoms with van der Waals surface area (Å²) in [4.78, 5) is 30.7. The summed E-state index contributed by atoms with van der Waals surface area (Å²) in [5, 5.41) is 12.6. The molecule has 1 aliphatic heterocycles. The summed E-state index contributed by atoms with van der Waals surface area (Å²) < 4.78 is 7.76. The zero-order valence-corrected chi connectivity index (χ0v) is 31.3. The number of rotatable bonds is 14. The fourth-order valence-electron chi connectivity index (χ4n) is 7.35. The SMILES string of the molecule is CCCCOC(CCC(=O)NCCNC(=O)C1CCC(C2=C3C=CC(=[N+](C)C)C=C3[Si](C)(C)c3cc(N(C)C)ccc32)[C@@H](C)C1)N=[N+]=[N-]. The molecule has 0 bridgehead atoms. The number of unbranched alkanes of at least 4 members (excludes halogenated alkanes) is 1. The van der Waals surface area contributed by atoms with E-state index in [1.54, 1.807) is 0 Å². The van der Waals surface area contributed by atoms with Crippen LogP contribution in [0.1, 0.15) is 64.4 Å². The van der Waals surface area contributed by atoms with Gasteiger partial charge in [-0.2, -0.15) is 0 Å². The van der Waals surface area contributed by atoms with Crippen molar-refractivity contribution in [3.63, 3.8) is 0 Å². The monoisotopic (exact) mass is 674 g/mol. The number of nitrogens with zero attached hydrogens (tertiary/aromatic N) is 5. The lowest BCUT2D eigenvalue weighted by Crippen LogP contribution is -2.50. The summed E-state index contributed by atoms with van der Waals surface area (Å²) in [5.74, 6) is 0.585. The summed E-state index contributed by atoms with van der Waals surface area (Å²) in [6.45, 7) is 10.6. The van der Waals surface area contributed by atoms with Crippen molar-refractivity contribution in [2.45, 2.75) is 78.1 Å². The third-order valence-electron chi connectivity index (χ3n) is 10.2. The van der Waals surface area contributed by atoms with Crippen molar-refractivity contribution < 1.29 is 18.9 Å². The standard InChI is InChI=1S/C37H55N7O3Si/c1-9-10-21-47-35(41-42-38)18-17-34(45)39-19-20-40-37(46)26-11-14-29(25(2)22-26)36-30-15-12-27(43(3)4)23-32(30)48(7,8)33-24-28(44(5)6)13-16-31(33)36/h12-13,15-16,23-26,29,35H,9-11,14,17-22H2,1-8H3,(H-,39,40,45,46)/p+1/t25-,26?,29?,35?/m0/s1. The van der Waals surface area contributed by atoms with Crippen LogP contribution in [0.25, 0.3) is 16.0 Å². The van der Waals surface area contributed by atoms with Gasteiger partial charge in [0.2, 0.25) is 11.8 Å². The first-order chi connectivity index (χ1) is 22.9. The largest absolute Gasteiger partial charge is 0.378 e. The topological polar surface area (TPSA) is 122 Å². The van der Waals surface area contributed by atoms with Crippen molar-refractivity contribution in [1.29, 1.82) is 0 Å². The van der Waals surface area contributed by atoms with Gasteiger partial charge in [-0.05, 0) is 94.8 Å². The van der Waals surface area contributed by atoms with Crippen LogP contribution in [0.15, 0.2) is 52.3 Å². The second-order valence-corrected chi connectivity index (χ2v) is 18.8. The number of carbonyl (C=O) groups excluding carboxylic acids is 2. The molecule has 3 aliphatic rings. The molecule has 1 heterocycles. The molecule has 260 valence electrons. The number of amides is 2. The molecule has 2 amide bonds. The Balaban J connectivity index is 1.40. The second kappa shape index (κ2) is 16.6. The summed E-state index contributed by atoms with van der Waals surface area (Å²) >= 11 is 0. The molecule has 0 spiro atoms. The van der Waals surface area contributed by atoms with E-state index in [9.17, 15) is 9.59 Å². The molecule has 1 fully saturated rings. The number of nitrogens with one attached hydrogen (secondary N) is 2. The molecule has 11 heteroatoms. The van der Waals surface area contributed by atoms with Crippen molar-refractivity contribution in [2.24, 2.45) is 22.9 Å².